The molecule has 0 bridgehead atoms. The zero-order chi connectivity index (χ0) is 27.3. The average Bonchev–Trinajstić information content (AvgIpc) is 2.83. The number of hydrogen-bond donors (Lipinski definition) is 2. The predicted octanol–water partition coefficient (Wildman–Crippen LogP) is 6.04. The van der Waals surface area contributed by atoms with Gasteiger partial charge in [0, 0.05) is 17.8 Å². The normalized spacial score (nSPS) is 11.9. The topological polar surface area (TPSA) is 98.8 Å². The van der Waals surface area contributed by atoms with Crippen molar-refractivity contribution in [3.8, 4) is 17.4 Å². The molecular weight excluding hydrogens is 498 g/mol. The molecule has 1 atom stereocenters. The van der Waals surface area contributed by atoms with Crippen molar-refractivity contribution < 1.29 is 41.4 Å². The average molecular weight is 521 g/mol. The minimum absolute atomic E-state index is 0.150. The molecule has 2 aromatic carbocycles. The summed E-state index contributed by atoms with van der Waals surface area (Å²) in [6, 6.07) is 9.28. The number of halogens is 4. The molecular formula is C25H23F4N3O5. The van der Waals surface area contributed by atoms with Crippen LogP contribution in [-0.2, 0) is 0 Å². The number of carbonyl (C=O) groups is 2. The lowest BCUT2D eigenvalue weighted by molar-refractivity contribution is -0.189. The number of ether oxygens (including phenoxy) is 3. The molecule has 196 valence electrons. The molecule has 1 heterocycles. The number of para-hydroxylation sites is 1. The second-order valence-corrected chi connectivity index (χ2v) is 7.86. The van der Waals surface area contributed by atoms with Crippen molar-refractivity contribution in [2.45, 2.75) is 33.1 Å². The number of alkyl halides is 3. The van der Waals surface area contributed by atoms with Gasteiger partial charge in [-0.3, -0.25) is 10.1 Å². The van der Waals surface area contributed by atoms with Crippen molar-refractivity contribution in [3.63, 3.8) is 0 Å². The summed E-state index contributed by atoms with van der Waals surface area (Å²) in [5, 5.41) is 4.65. The smallest absolute Gasteiger partial charge is 0.425 e. The fraction of sp³-hybridized carbons (Fsp3) is 0.240. The van der Waals surface area contributed by atoms with Crippen LogP contribution in [0, 0.1) is 19.7 Å². The molecule has 1 unspecified atom stereocenters. The van der Waals surface area contributed by atoms with Crippen LogP contribution in [0.2, 0.25) is 0 Å². The van der Waals surface area contributed by atoms with E-state index >= 15 is 0 Å². The Labute approximate surface area is 209 Å². The van der Waals surface area contributed by atoms with Gasteiger partial charge in [0.2, 0.25) is 5.88 Å². The van der Waals surface area contributed by atoms with Crippen LogP contribution < -0.4 is 24.8 Å². The molecule has 0 saturated carbocycles. The molecule has 0 radical (unpaired) electrons. The Morgan fingerprint density at radius 1 is 1.05 bits per heavy atom. The number of carbonyl (C=O) groups excluding carboxylic acids is 2. The molecule has 2 N–H and O–H groups in total. The Morgan fingerprint density at radius 3 is 2.35 bits per heavy atom. The van der Waals surface area contributed by atoms with Crippen molar-refractivity contribution in [1.82, 2.24) is 4.98 Å². The van der Waals surface area contributed by atoms with Gasteiger partial charge in [-0.1, -0.05) is 18.2 Å². The Hall–Kier alpha value is -4.35. The van der Waals surface area contributed by atoms with Crippen molar-refractivity contribution in [2.24, 2.45) is 0 Å². The quantitative estimate of drug-likeness (QED) is 0.368. The number of anilines is 2. The first-order valence-electron chi connectivity index (χ1n) is 10.8. The van der Waals surface area contributed by atoms with Crippen molar-refractivity contribution in [3.05, 3.63) is 71.2 Å². The number of benzene rings is 2. The molecule has 12 heteroatoms. The number of aromatic nitrogens is 1. The van der Waals surface area contributed by atoms with Crippen LogP contribution in [0.5, 0.6) is 17.4 Å². The molecule has 0 fully saturated rings. The molecule has 0 aliphatic heterocycles. The second kappa shape index (κ2) is 11.1. The predicted molar refractivity (Wildman–Crippen MR) is 127 cm³/mol. The lowest BCUT2D eigenvalue weighted by Crippen LogP contribution is -2.32. The van der Waals surface area contributed by atoms with E-state index in [-0.39, 0.29) is 17.3 Å². The Morgan fingerprint density at radius 2 is 1.73 bits per heavy atom. The summed E-state index contributed by atoms with van der Waals surface area (Å²) in [6.45, 7) is 3.98. The molecule has 8 nitrogen and oxygen atoms in total. The molecule has 37 heavy (non-hydrogen) atoms. The minimum atomic E-state index is -4.78. The fourth-order valence-electron chi connectivity index (χ4n) is 3.21. The molecule has 0 aliphatic carbocycles. The van der Waals surface area contributed by atoms with E-state index < -0.39 is 47.1 Å². The summed E-state index contributed by atoms with van der Waals surface area (Å²) < 4.78 is 69.7. The van der Waals surface area contributed by atoms with E-state index in [9.17, 15) is 27.2 Å². The molecule has 2 amide bonds. The summed E-state index contributed by atoms with van der Waals surface area (Å²) in [5.41, 5.74) is 0.162. The van der Waals surface area contributed by atoms with E-state index in [1.807, 2.05) is 0 Å². The number of rotatable bonds is 7. The minimum Gasteiger partial charge on any atom is -0.481 e. The maximum absolute atomic E-state index is 14.9. The highest BCUT2D eigenvalue weighted by Crippen LogP contribution is 2.33. The summed E-state index contributed by atoms with van der Waals surface area (Å²) >= 11 is 0. The highest BCUT2D eigenvalue weighted by molar-refractivity contribution is 6.07. The second-order valence-electron chi connectivity index (χ2n) is 7.86. The van der Waals surface area contributed by atoms with Crippen molar-refractivity contribution in [2.75, 3.05) is 17.7 Å². The SMILES string of the molecule is COc1ncc(C)c(NC(=O)c2cc(F)c(NC(=O)Oc3ccccc3)cc2OC(C)C(F)(F)F)c1C. The Balaban J connectivity index is 1.96. The summed E-state index contributed by atoms with van der Waals surface area (Å²) in [4.78, 5) is 29.4. The van der Waals surface area contributed by atoms with Crippen LogP contribution in [0.25, 0.3) is 0 Å². The largest absolute Gasteiger partial charge is 0.481 e. The van der Waals surface area contributed by atoms with Crippen molar-refractivity contribution in [1.29, 1.82) is 0 Å². The van der Waals surface area contributed by atoms with Crippen LogP contribution in [-0.4, -0.2) is 36.4 Å². The van der Waals surface area contributed by atoms with E-state index in [1.54, 1.807) is 32.0 Å². The van der Waals surface area contributed by atoms with Gasteiger partial charge in [-0.05, 0) is 44.5 Å². The monoisotopic (exact) mass is 521 g/mol. The number of amides is 2. The molecule has 3 aromatic rings. The van der Waals surface area contributed by atoms with E-state index in [2.05, 4.69) is 15.6 Å². The zero-order valence-corrected chi connectivity index (χ0v) is 20.2. The van der Waals surface area contributed by atoms with E-state index in [0.29, 0.717) is 17.2 Å². The Kier molecular flexibility index (Phi) is 8.21. The first-order valence-corrected chi connectivity index (χ1v) is 10.8. The number of hydrogen-bond acceptors (Lipinski definition) is 6. The van der Waals surface area contributed by atoms with Gasteiger partial charge in [0.15, 0.2) is 6.10 Å². The number of nitrogens with zero attached hydrogens (tertiary/aromatic N) is 1. The van der Waals surface area contributed by atoms with Crippen LogP contribution in [0.15, 0.2) is 48.7 Å². The summed E-state index contributed by atoms with van der Waals surface area (Å²) in [6.07, 6.45) is -6.81. The number of nitrogens with one attached hydrogen (secondary N) is 2. The maximum Gasteiger partial charge on any atom is 0.425 e. The highest BCUT2D eigenvalue weighted by atomic mass is 19.4. The van der Waals surface area contributed by atoms with Crippen LogP contribution >= 0.6 is 0 Å². The van der Waals surface area contributed by atoms with E-state index in [4.69, 9.17) is 14.2 Å². The lowest BCUT2D eigenvalue weighted by Gasteiger charge is -2.21. The molecule has 1 aromatic heterocycles. The van der Waals surface area contributed by atoms with Gasteiger partial charge >= 0.3 is 12.3 Å². The third kappa shape index (κ3) is 6.66. The standard InChI is InChI=1S/C25H23F4N3O5/c1-13-12-30-23(35-4)14(2)21(13)32-22(33)17-10-18(26)19(11-20(17)36-15(3)25(27,28)29)31-24(34)37-16-8-6-5-7-9-16/h5-12,15H,1-4H3,(H,31,34)(H,30,32,33). The number of aryl methyl sites for hydroxylation is 1. The van der Waals surface area contributed by atoms with Crippen LogP contribution in [0.4, 0.5) is 33.7 Å². The first kappa shape index (κ1) is 27.2. The number of methoxy groups -OCH3 is 1. The van der Waals surface area contributed by atoms with Gasteiger partial charge in [0.1, 0.15) is 17.3 Å². The van der Waals surface area contributed by atoms with Gasteiger partial charge in [0.25, 0.3) is 5.91 Å². The maximum atomic E-state index is 14.9. The third-order valence-corrected chi connectivity index (χ3v) is 5.17. The molecule has 0 aliphatic rings. The zero-order valence-electron chi connectivity index (χ0n) is 20.2. The molecule has 3 rings (SSSR count). The van der Waals surface area contributed by atoms with E-state index in [1.165, 1.54) is 25.4 Å². The van der Waals surface area contributed by atoms with Crippen molar-refractivity contribution >= 4 is 23.4 Å². The third-order valence-electron chi connectivity index (χ3n) is 5.17. The van der Waals surface area contributed by atoms with Gasteiger partial charge in [0.05, 0.1) is 24.0 Å². The first-order chi connectivity index (χ1) is 17.4. The van der Waals surface area contributed by atoms with Gasteiger partial charge in [-0.2, -0.15) is 13.2 Å². The summed E-state index contributed by atoms with van der Waals surface area (Å²) in [5.74, 6) is -2.32. The van der Waals surface area contributed by atoms with Gasteiger partial charge in [-0.15, -0.1) is 0 Å². The fourth-order valence-corrected chi connectivity index (χ4v) is 3.21. The van der Waals surface area contributed by atoms with Gasteiger partial charge < -0.3 is 19.5 Å². The molecule has 0 saturated heterocycles. The summed E-state index contributed by atoms with van der Waals surface area (Å²) in [7, 11) is 1.38. The van der Waals surface area contributed by atoms with Crippen LogP contribution in [0.3, 0.4) is 0 Å². The van der Waals surface area contributed by atoms with Crippen LogP contribution in [0.1, 0.15) is 28.4 Å². The number of pyridine rings is 1. The molecule has 0 spiro atoms. The van der Waals surface area contributed by atoms with Gasteiger partial charge in [-0.25, -0.2) is 14.2 Å². The Bertz CT molecular complexity index is 1300. The van der Waals surface area contributed by atoms with E-state index in [0.717, 1.165) is 13.0 Å². The highest BCUT2D eigenvalue weighted by Gasteiger charge is 2.39. The lowest BCUT2D eigenvalue weighted by atomic mass is 10.1.